The molecule has 27 heavy (non-hydrogen) atoms. The van der Waals surface area contributed by atoms with E-state index in [1.165, 1.54) is 7.11 Å². The molecule has 0 aromatic heterocycles. The molecule has 1 heterocycles. The number of ether oxygens (including phenoxy) is 2. The van der Waals surface area contributed by atoms with Gasteiger partial charge in [-0.05, 0) is 17.2 Å². The molecule has 1 unspecified atom stereocenters. The van der Waals surface area contributed by atoms with Gasteiger partial charge >= 0.3 is 0 Å². The topological polar surface area (TPSA) is 93.7 Å². The third kappa shape index (κ3) is 4.99. The molecule has 1 aliphatic heterocycles. The fraction of sp³-hybridized carbons (Fsp3) is 0.316. The minimum absolute atomic E-state index is 0.110. The molecule has 2 aromatic carbocycles. The highest BCUT2D eigenvalue weighted by Gasteiger charge is 2.27. The van der Waals surface area contributed by atoms with Gasteiger partial charge < -0.3 is 14.8 Å². The van der Waals surface area contributed by atoms with Gasteiger partial charge in [0.05, 0.1) is 32.3 Å². The molecule has 1 aliphatic rings. The Balaban J connectivity index is 1.83. The fourth-order valence-corrected chi connectivity index (χ4v) is 3.63. The maximum absolute atomic E-state index is 12.1. The lowest BCUT2D eigenvalue weighted by Gasteiger charge is -2.27. The highest BCUT2D eigenvalue weighted by atomic mass is 32.2. The minimum Gasteiger partial charge on any atom is -0.494 e. The molecule has 0 saturated carbocycles. The van der Waals surface area contributed by atoms with E-state index in [0.717, 1.165) is 17.4 Å². The Morgan fingerprint density at radius 1 is 1.22 bits per heavy atom. The summed E-state index contributed by atoms with van der Waals surface area (Å²) in [7, 11) is -2.02. The van der Waals surface area contributed by atoms with Crippen LogP contribution in [0.25, 0.3) is 0 Å². The molecule has 0 aliphatic carbocycles. The van der Waals surface area contributed by atoms with E-state index in [0.29, 0.717) is 30.3 Å². The van der Waals surface area contributed by atoms with E-state index in [9.17, 15) is 13.2 Å². The number of carbonyl (C=O) groups excluding carboxylic acids is 1. The second-order valence-corrected chi connectivity index (χ2v) is 8.21. The van der Waals surface area contributed by atoms with Crippen LogP contribution in [-0.4, -0.2) is 34.3 Å². The van der Waals surface area contributed by atoms with Crippen LogP contribution in [0.15, 0.2) is 42.5 Å². The largest absolute Gasteiger partial charge is 0.494 e. The molecule has 0 bridgehead atoms. The van der Waals surface area contributed by atoms with Crippen molar-refractivity contribution in [3.8, 4) is 5.75 Å². The lowest BCUT2D eigenvalue weighted by atomic mass is 9.90. The molecule has 8 heteroatoms. The second kappa shape index (κ2) is 7.98. The lowest BCUT2D eigenvalue weighted by molar-refractivity contribution is -0.117. The molecular weight excluding hydrogens is 368 g/mol. The molecule has 3 rings (SSSR count). The molecule has 1 atom stereocenters. The van der Waals surface area contributed by atoms with Crippen molar-refractivity contribution in [3.05, 3.63) is 53.6 Å². The van der Waals surface area contributed by atoms with Gasteiger partial charge in [-0.1, -0.05) is 30.3 Å². The summed E-state index contributed by atoms with van der Waals surface area (Å²) in [6.07, 6.45) is 1.35. The third-order valence-electron chi connectivity index (χ3n) is 4.24. The summed E-state index contributed by atoms with van der Waals surface area (Å²) in [5.41, 5.74) is 2.81. The number of sulfonamides is 1. The van der Waals surface area contributed by atoms with Crippen molar-refractivity contribution < 1.29 is 22.7 Å². The van der Waals surface area contributed by atoms with Crippen LogP contribution in [0.5, 0.6) is 5.75 Å². The van der Waals surface area contributed by atoms with Crippen LogP contribution in [0.4, 0.5) is 11.4 Å². The predicted octanol–water partition coefficient (Wildman–Crippen LogP) is 2.71. The van der Waals surface area contributed by atoms with Crippen molar-refractivity contribution in [2.75, 3.05) is 30.0 Å². The van der Waals surface area contributed by atoms with E-state index in [1.54, 1.807) is 12.1 Å². The number of amides is 1. The van der Waals surface area contributed by atoms with Gasteiger partial charge in [0.25, 0.3) is 0 Å². The van der Waals surface area contributed by atoms with Crippen molar-refractivity contribution >= 4 is 27.3 Å². The molecule has 2 aromatic rings. The Morgan fingerprint density at radius 3 is 2.63 bits per heavy atom. The van der Waals surface area contributed by atoms with Crippen molar-refractivity contribution in [1.29, 1.82) is 0 Å². The van der Waals surface area contributed by atoms with E-state index < -0.39 is 10.0 Å². The molecule has 0 spiro atoms. The lowest BCUT2D eigenvalue weighted by Crippen LogP contribution is -2.26. The highest BCUT2D eigenvalue weighted by Crippen LogP contribution is 2.39. The Bertz CT molecular complexity index is 929. The molecule has 0 saturated heterocycles. The average Bonchev–Trinajstić information content (AvgIpc) is 2.61. The number of benzene rings is 2. The summed E-state index contributed by atoms with van der Waals surface area (Å²) in [6, 6.07) is 13.1. The van der Waals surface area contributed by atoms with Crippen molar-refractivity contribution in [2.45, 2.75) is 18.9 Å². The summed E-state index contributed by atoms with van der Waals surface area (Å²) >= 11 is 0. The first-order valence-corrected chi connectivity index (χ1v) is 10.4. The summed E-state index contributed by atoms with van der Waals surface area (Å²) in [4.78, 5) is 12.1. The maximum Gasteiger partial charge on any atom is 0.229 e. The molecule has 0 fully saturated rings. The zero-order valence-corrected chi connectivity index (χ0v) is 16.0. The zero-order valence-electron chi connectivity index (χ0n) is 15.2. The first-order chi connectivity index (χ1) is 12.9. The number of methoxy groups -OCH3 is 1. The van der Waals surface area contributed by atoms with Crippen LogP contribution in [-0.2, 0) is 26.2 Å². The number of fused-ring (bicyclic) bond motifs is 1. The average molecular weight is 390 g/mol. The molecule has 2 N–H and O–H groups in total. The summed E-state index contributed by atoms with van der Waals surface area (Å²) in [6.45, 7) is 0.791. The van der Waals surface area contributed by atoms with Gasteiger partial charge in [0.15, 0.2) is 0 Å². The van der Waals surface area contributed by atoms with Crippen molar-refractivity contribution in [3.63, 3.8) is 0 Å². The van der Waals surface area contributed by atoms with Crippen LogP contribution >= 0.6 is 0 Å². The normalized spacial score (nSPS) is 16.4. The zero-order chi connectivity index (χ0) is 19.4. The van der Waals surface area contributed by atoms with Gasteiger partial charge in [-0.15, -0.1) is 0 Å². The molecule has 1 amide bonds. The Labute approximate surface area is 158 Å². The molecule has 144 valence electrons. The van der Waals surface area contributed by atoms with E-state index in [2.05, 4.69) is 10.0 Å². The Kier molecular flexibility index (Phi) is 5.67. The van der Waals surface area contributed by atoms with E-state index >= 15 is 0 Å². The monoisotopic (exact) mass is 390 g/mol. The van der Waals surface area contributed by atoms with Crippen LogP contribution in [0, 0.1) is 0 Å². The van der Waals surface area contributed by atoms with Gasteiger partial charge in [-0.3, -0.25) is 9.52 Å². The summed E-state index contributed by atoms with van der Waals surface area (Å²) in [5, 5.41) is 2.81. The van der Waals surface area contributed by atoms with E-state index in [-0.39, 0.29) is 18.2 Å². The van der Waals surface area contributed by atoms with Crippen LogP contribution in [0.2, 0.25) is 0 Å². The maximum atomic E-state index is 12.1. The SMILES string of the molecule is COc1cc2c(cc1NS(C)(=O)=O)C(COCc1ccccc1)CC(=O)N2. The van der Waals surface area contributed by atoms with Gasteiger partial charge in [0.2, 0.25) is 15.9 Å². The summed E-state index contributed by atoms with van der Waals surface area (Å²) in [5.74, 6) is 0.0514. The van der Waals surface area contributed by atoms with Gasteiger partial charge in [-0.25, -0.2) is 8.42 Å². The first-order valence-electron chi connectivity index (χ1n) is 8.47. The molecular formula is C19H22N2O5S. The minimum atomic E-state index is -3.47. The van der Waals surface area contributed by atoms with Crippen molar-refractivity contribution in [1.82, 2.24) is 0 Å². The van der Waals surface area contributed by atoms with Crippen LogP contribution in [0.1, 0.15) is 23.5 Å². The number of hydrogen-bond acceptors (Lipinski definition) is 5. The smallest absolute Gasteiger partial charge is 0.229 e. The van der Waals surface area contributed by atoms with Crippen LogP contribution < -0.4 is 14.8 Å². The number of anilines is 2. The van der Waals surface area contributed by atoms with Gasteiger partial charge in [0, 0.05) is 24.1 Å². The number of hydrogen-bond donors (Lipinski definition) is 2. The second-order valence-electron chi connectivity index (χ2n) is 6.46. The Morgan fingerprint density at radius 2 is 1.96 bits per heavy atom. The fourth-order valence-electron chi connectivity index (χ4n) is 3.07. The number of rotatable bonds is 7. The number of carbonyl (C=O) groups is 1. The number of nitrogens with one attached hydrogen (secondary N) is 2. The first kappa shape index (κ1) is 19.2. The highest BCUT2D eigenvalue weighted by molar-refractivity contribution is 7.92. The van der Waals surface area contributed by atoms with Crippen LogP contribution in [0.3, 0.4) is 0 Å². The molecule has 0 radical (unpaired) electrons. The predicted molar refractivity (Wildman–Crippen MR) is 104 cm³/mol. The quantitative estimate of drug-likeness (QED) is 0.758. The van der Waals surface area contributed by atoms with Gasteiger partial charge in [-0.2, -0.15) is 0 Å². The molecule has 7 nitrogen and oxygen atoms in total. The standard InChI is InChI=1S/C19H22N2O5S/c1-25-18-10-16-15(9-17(18)21-27(2,23)24)14(8-19(22)20-16)12-26-11-13-6-4-3-5-7-13/h3-7,9-10,14,21H,8,11-12H2,1-2H3,(H,20,22). The Hall–Kier alpha value is -2.58. The van der Waals surface area contributed by atoms with E-state index in [1.807, 2.05) is 30.3 Å². The van der Waals surface area contributed by atoms with Gasteiger partial charge in [0.1, 0.15) is 5.75 Å². The van der Waals surface area contributed by atoms with Crippen molar-refractivity contribution in [2.24, 2.45) is 0 Å². The summed E-state index contributed by atoms with van der Waals surface area (Å²) < 4.78 is 36.8. The third-order valence-corrected chi connectivity index (χ3v) is 4.83. The van der Waals surface area contributed by atoms with E-state index in [4.69, 9.17) is 9.47 Å².